The average molecular weight is 339 g/mol. The molecule has 0 aliphatic rings. The zero-order valence-corrected chi connectivity index (χ0v) is 12.0. The molecular weight excluding hydrogens is 327 g/mol. The van der Waals surface area contributed by atoms with Gasteiger partial charge < -0.3 is 15.7 Å². The maximum atomic E-state index is 13.1. The Kier molecular flexibility index (Phi) is 4.57. The van der Waals surface area contributed by atoms with Crippen LogP contribution in [-0.2, 0) is 6.61 Å². The smallest absolute Gasteiger partial charge is 0.173 e. The van der Waals surface area contributed by atoms with Crippen LogP contribution in [-0.4, -0.2) is 11.0 Å². The number of nitrogens with zero attached hydrogens (tertiary/aromatic N) is 1. The van der Waals surface area contributed by atoms with Crippen LogP contribution in [0.1, 0.15) is 11.1 Å². The summed E-state index contributed by atoms with van der Waals surface area (Å²) in [5.41, 5.74) is 6.87. The van der Waals surface area contributed by atoms with Gasteiger partial charge in [-0.1, -0.05) is 23.4 Å². The van der Waals surface area contributed by atoms with E-state index in [0.29, 0.717) is 15.8 Å². The minimum Gasteiger partial charge on any atom is -0.488 e. The molecule has 0 aliphatic heterocycles. The predicted molar refractivity (Wildman–Crippen MR) is 77.4 cm³/mol. The van der Waals surface area contributed by atoms with Gasteiger partial charge in [-0.25, -0.2) is 4.39 Å². The molecule has 0 aliphatic carbocycles. The third kappa shape index (κ3) is 3.27. The SMILES string of the molecule is NC(=NO)c1ccccc1OCc1ccc(F)c(Br)c1. The largest absolute Gasteiger partial charge is 0.488 e. The molecule has 0 aromatic heterocycles. The summed E-state index contributed by atoms with van der Waals surface area (Å²) in [6.07, 6.45) is 0. The molecule has 0 unspecified atom stereocenters. The van der Waals surface area contributed by atoms with Crippen LogP contribution in [0.2, 0.25) is 0 Å². The quantitative estimate of drug-likeness (QED) is 0.389. The van der Waals surface area contributed by atoms with Gasteiger partial charge in [0, 0.05) is 0 Å². The van der Waals surface area contributed by atoms with E-state index in [2.05, 4.69) is 21.1 Å². The molecule has 104 valence electrons. The number of para-hydroxylation sites is 1. The maximum absolute atomic E-state index is 13.1. The first-order valence-electron chi connectivity index (χ1n) is 5.75. The Hall–Kier alpha value is -2.08. The zero-order chi connectivity index (χ0) is 14.5. The van der Waals surface area contributed by atoms with Crippen molar-refractivity contribution in [2.75, 3.05) is 0 Å². The van der Waals surface area contributed by atoms with E-state index in [1.54, 1.807) is 36.4 Å². The second kappa shape index (κ2) is 6.38. The molecule has 6 heteroatoms. The van der Waals surface area contributed by atoms with Crippen molar-refractivity contribution in [1.82, 2.24) is 0 Å². The number of amidine groups is 1. The molecule has 0 spiro atoms. The molecule has 0 amide bonds. The molecule has 3 N–H and O–H groups in total. The molecule has 0 radical (unpaired) electrons. The van der Waals surface area contributed by atoms with Gasteiger partial charge in [-0.3, -0.25) is 0 Å². The van der Waals surface area contributed by atoms with Crippen molar-refractivity contribution in [3.63, 3.8) is 0 Å². The first kappa shape index (κ1) is 14.3. The van der Waals surface area contributed by atoms with Gasteiger partial charge in [0.2, 0.25) is 0 Å². The van der Waals surface area contributed by atoms with E-state index < -0.39 is 0 Å². The fourth-order valence-electron chi connectivity index (χ4n) is 1.65. The van der Waals surface area contributed by atoms with E-state index in [4.69, 9.17) is 15.7 Å². The highest BCUT2D eigenvalue weighted by Gasteiger charge is 2.08. The van der Waals surface area contributed by atoms with Crippen LogP contribution >= 0.6 is 15.9 Å². The second-order valence-electron chi connectivity index (χ2n) is 4.02. The summed E-state index contributed by atoms with van der Waals surface area (Å²) in [6.45, 7) is 0.245. The van der Waals surface area contributed by atoms with Crippen molar-refractivity contribution in [2.24, 2.45) is 10.9 Å². The molecule has 0 saturated carbocycles. The van der Waals surface area contributed by atoms with Crippen LogP contribution in [0, 0.1) is 5.82 Å². The Bertz CT molecular complexity index is 647. The van der Waals surface area contributed by atoms with Crippen LogP contribution in [0.5, 0.6) is 5.75 Å². The van der Waals surface area contributed by atoms with Crippen molar-refractivity contribution >= 4 is 21.8 Å². The molecule has 20 heavy (non-hydrogen) atoms. The standard InChI is InChI=1S/C14H12BrFN2O2/c15-11-7-9(5-6-12(11)16)8-20-13-4-2-1-3-10(13)14(17)18-19/h1-7,19H,8H2,(H2,17,18). The first-order chi connectivity index (χ1) is 9.61. The summed E-state index contributed by atoms with van der Waals surface area (Å²) in [6, 6.07) is 11.6. The number of halogens is 2. The number of oxime groups is 1. The number of hydrogen-bond acceptors (Lipinski definition) is 3. The minimum absolute atomic E-state index is 0.0270. The van der Waals surface area contributed by atoms with Gasteiger partial charge in [0.05, 0.1) is 10.0 Å². The van der Waals surface area contributed by atoms with Gasteiger partial charge in [-0.2, -0.15) is 0 Å². The average Bonchev–Trinajstić information content (AvgIpc) is 2.48. The molecule has 2 aromatic carbocycles. The Morgan fingerprint density at radius 1 is 1.30 bits per heavy atom. The third-order valence-corrected chi connectivity index (χ3v) is 3.26. The normalized spacial score (nSPS) is 11.4. The van der Waals surface area contributed by atoms with E-state index in [1.165, 1.54) is 6.07 Å². The number of benzene rings is 2. The fourth-order valence-corrected chi connectivity index (χ4v) is 2.07. The first-order valence-corrected chi connectivity index (χ1v) is 6.54. The van der Waals surface area contributed by atoms with Crippen LogP contribution in [0.4, 0.5) is 4.39 Å². The lowest BCUT2D eigenvalue weighted by atomic mass is 10.2. The minimum atomic E-state index is -0.328. The van der Waals surface area contributed by atoms with Gasteiger partial charge in [0.25, 0.3) is 0 Å². The summed E-state index contributed by atoms with van der Waals surface area (Å²) in [4.78, 5) is 0. The van der Waals surface area contributed by atoms with Crippen molar-refractivity contribution in [2.45, 2.75) is 6.61 Å². The van der Waals surface area contributed by atoms with Gasteiger partial charge in [-0.05, 0) is 45.8 Å². The predicted octanol–water partition coefficient (Wildman–Crippen LogP) is 3.26. The van der Waals surface area contributed by atoms with E-state index in [0.717, 1.165) is 5.56 Å². The number of hydrogen-bond donors (Lipinski definition) is 2. The highest BCUT2D eigenvalue weighted by molar-refractivity contribution is 9.10. The molecule has 2 rings (SSSR count). The highest BCUT2D eigenvalue weighted by Crippen LogP contribution is 2.21. The molecular formula is C14H12BrFN2O2. The zero-order valence-electron chi connectivity index (χ0n) is 10.4. The Morgan fingerprint density at radius 3 is 2.75 bits per heavy atom. The van der Waals surface area contributed by atoms with Gasteiger partial charge >= 0.3 is 0 Å². The number of ether oxygens (including phenoxy) is 1. The van der Waals surface area contributed by atoms with Crippen molar-refractivity contribution in [3.05, 3.63) is 63.9 Å². The lowest BCUT2D eigenvalue weighted by molar-refractivity contribution is 0.303. The van der Waals surface area contributed by atoms with Crippen molar-refractivity contribution in [3.8, 4) is 5.75 Å². The van der Waals surface area contributed by atoms with Crippen molar-refractivity contribution < 1.29 is 14.3 Å². The topological polar surface area (TPSA) is 67.8 Å². The Morgan fingerprint density at radius 2 is 2.05 bits per heavy atom. The van der Waals surface area contributed by atoms with Crippen LogP contribution in [0.15, 0.2) is 52.1 Å². The lowest BCUT2D eigenvalue weighted by Crippen LogP contribution is -2.14. The highest BCUT2D eigenvalue weighted by atomic mass is 79.9. The van der Waals surface area contributed by atoms with E-state index >= 15 is 0 Å². The van der Waals surface area contributed by atoms with Crippen LogP contribution in [0.25, 0.3) is 0 Å². The van der Waals surface area contributed by atoms with E-state index in [9.17, 15) is 4.39 Å². The second-order valence-corrected chi connectivity index (χ2v) is 4.87. The maximum Gasteiger partial charge on any atom is 0.173 e. The summed E-state index contributed by atoms with van der Waals surface area (Å²) in [7, 11) is 0. The van der Waals surface area contributed by atoms with Gasteiger partial charge in [0.15, 0.2) is 5.84 Å². The van der Waals surface area contributed by atoms with Gasteiger partial charge in [-0.15, -0.1) is 0 Å². The summed E-state index contributed by atoms with van der Waals surface area (Å²) < 4.78 is 19.1. The molecule has 0 saturated heterocycles. The van der Waals surface area contributed by atoms with Crippen molar-refractivity contribution in [1.29, 1.82) is 0 Å². The molecule has 2 aromatic rings. The Balaban J connectivity index is 2.17. The number of rotatable bonds is 4. The van der Waals surface area contributed by atoms with Crippen LogP contribution < -0.4 is 10.5 Å². The Labute approximate surface area is 123 Å². The fraction of sp³-hybridized carbons (Fsp3) is 0.0714. The monoisotopic (exact) mass is 338 g/mol. The van der Waals surface area contributed by atoms with E-state index in [1.807, 2.05) is 0 Å². The molecule has 0 fully saturated rings. The summed E-state index contributed by atoms with van der Waals surface area (Å²) >= 11 is 3.12. The van der Waals surface area contributed by atoms with Gasteiger partial charge in [0.1, 0.15) is 18.2 Å². The lowest BCUT2D eigenvalue weighted by Gasteiger charge is -2.10. The summed E-state index contributed by atoms with van der Waals surface area (Å²) in [5, 5.41) is 11.7. The molecule has 4 nitrogen and oxygen atoms in total. The molecule has 0 heterocycles. The molecule has 0 bridgehead atoms. The van der Waals surface area contributed by atoms with E-state index in [-0.39, 0.29) is 18.3 Å². The third-order valence-electron chi connectivity index (χ3n) is 2.65. The molecule has 0 atom stereocenters. The summed E-state index contributed by atoms with van der Waals surface area (Å²) in [5.74, 6) is 0.134. The van der Waals surface area contributed by atoms with Crippen LogP contribution in [0.3, 0.4) is 0 Å². The number of nitrogens with two attached hydrogens (primary N) is 1.